The summed E-state index contributed by atoms with van der Waals surface area (Å²) in [5.74, 6) is 0.492. The van der Waals surface area contributed by atoms with Crippen LogP contribution in [0.5, 0.6) is 0 Å². The van der Waals surface area contributed by atoms with Crippen molar-refractivity contribution in [3.8, 4) is 11.3 Å². The van der Waals surface area contributed by atoms with Crippen molar-refractivity contribution in [2.24, 2.45) is 11.8 Å². The lowest BCUT2D eigenvalue weighted by molar-refractivity contribution is 0.0691. The lowest BCUT2D eigenvalue weighted by Crippen LogP contribution is -2.37. The van der Waals surface area contributed by atoms with E-state index < -0.39 is 5.97 Å². The lowest BCUT2D eigenvalue weighted by Gasteiger charge is -2.32. The molecule has 3 aliphatic heterocycles. The number of carbonyl (C=O) groups is 1. The second kappa shape index (κ2) is 9.13. The number of nitrogen functional groups attached to an aromatic ring is 1. The first kappa shape index (κ1) is 21.3. The topological polar surface area (TPSA) is 125 Å². The minimum absolute atomic E-state index is 0.0781. The fourth-order valence-electron chi connectivity index (χ4n) is 5.43. The number of hydrogen-bond donors (Lipinski definition) is 3. The summed E-state index contributed by atoms with van der Waals surface area (Å²) in [6.07, 6.45) is 8.52. The number of anilines is 1. The van der Waals surface area contributed by atoms with E-state index in [9.17, 15) is 9.90 Å². The number of aromatic nitrogens is 4. The van der Waals surface area contributed by atoms with Gasteiger partial charge in [0, 0.05) is 37.9 Å². The molecule has 3 fully saturated rings. The van der Waals surface area contributed by atoms with Crippen LogP contribution in [0.15, 0.2) is 18.6 Å². The van der Waals surface area contributed by atoms with Crippen molar-refractivity contribution in [1.82, 2.24) is 34.9 Å². The Balaban J connectivity index is 1.09. The minimum atomic E-state index is -1.18. The van der Waals surface area contributed by atoms with Gasteiger partial charge >= 0.3 is 5.97 Å². The number of aromatic carboxylic acids is 1. The van der Waals surface area contributed by atoms with E-state index in [1.165, 1.54) is 51.9 Å². The van der Waals surface area contributed by atoms with E-state index in [-0.39, 0.29) is 11.5 Å². The molecule has 3 saturated heterocycles. The molecule has 0 saturated carbocycles. The molecule has 0 aromatic carbocycles. The Labute approximate surface area is 187 Å². The maximum Gasteiger partial charge on any atom is 0.358 e. The molecule has 3 aliphatic rings. The fourth-order valence-corrected chi connectivity index (χ4v) is 5.43. The first-order chi connectivity index (χ1) is 15.6. The Morgan fingerprint density at radius 3 is 2.56 bits per heavy atom. The number of carboxylic acids is 1. The average Bonchev–Trinajstić information content (AvgIpc) is 3.51. The standard InChI is InChI=1S/C22H32N8O2/c23-21-20(22(31)32)27-19(11-25-21)17-10-26-30(14-17)18-2-6-28(7-3-18)4-1-5-29-12-15-8-24-9-16(15)13-29/h10-11,14-16,18,24H,1-9,12-13H2,(H2,23,25)(H,31,32). The van der Waals surface area contributed by atoms with Gasteiger partial charge in [-0.15, -0.1) is 0 Å². The maximum absolute atomic E-state index is 11.3. The van der Waals surface area contributed by atoms with Gasteiger partial charge in [0.1, 0.15) is 0 Å². The number of nitrogens with one attached hydrogen (secondary N) is 1. The van der Waals surface area contributed by atoms with Gasteiger partial charge in [-0.2, -0.15) is 5.10 Å². The van der Waals surface area contributed by atoms with Gasteiger partial charge in [-0.1, -0.05) is 0 Å². The van der Waals surface area contributed by atoms with Crippen molar-refractivity contribution >= 4 is 11.8 Å². The molecule has 10 nitrogen and oxygen atoms in total. The third-order valence-corrected chi connectivity index (χ3v) is 7.25. The van der Waals surface area contributed by atoms with Crippen molar-refractivity contribution in [3.63, 3.8) is 0 Å². The van der Waals surface area contributed by atoms with E-state index in [1.807, 2.05) is 10.9 Å². The van der Waals surface area contributed by atoms with Crippen LogP contribution in [0.3, 0.4) is 0 Å². The van der Waals surface area contributed by atoms with Crippen molar-refractivity contribution in [1.29, 1.82) is 0 Å². The van der Waals surface area contributed by atoms with Crippen LogP contribution in [0, 0.1) is 11.8 Å². The second-order valence-corrected chi connectivity index (χ2v) is 9.37. The van der Waals surface area contributed by atoms with E-state index >= 15 is 0 Å². The quantitative estimate of drug-likeness (QED) is 0.573. The van der Waals surface area contributed by atoms with Crippen molar-refractivity contribution in [3.05, 3.63) is 24.3 Å². The number of hydrogen-bond acceptors (Lipinski definition) is 8. The Kier molecular flexibility index (Phi) is 6.07. The van der Waals surface area contributed by atoms with Gasteiger partial charge in [0.2, 0.25) is 0 Å². The van der Waals surface area contributed by atoms with Gasteiger partial charge < -0.3 is 26.0 Å². The van der Waals surface area contributed by atoms with E-state index in [0.717, 1.165) is 43.3 Å². The summed E-state index contributed by atoms with van der Waals surface area (Å²) in [6, 6.07) is 0.353. The highest BCUT2D eigenvalue weighted by Crippen LogP contribution is 2.27. The monoisotopic (exact) mass is 440 g/mol. The summed E-state index contributed by atoms with van der Waals surface area (Å²) in [5.41, 5.74) is 6.62. The summed E-state index contributed by atoms with van der Waals surface area (Å²) >= 11 is 0. The van der Waals surface area contributed by atoms with Gasteiger partial charge in [0.05, 0.1) is 24.1 Å². The maximum atomic E-state index is 11.3. The number of carboxylic acid groups (broad SMARTS) is 1. The van der Waals surface area contributed by atoms with E-state index in [2.05, 4.69) is 30.2 Å². The van der Waals surface area contributed by atoms with Gasteiger partial charge in [0.15, 0.2) is 11.5 Å². The zero-order valence-electron chi connectivity index (χ0n) is 18.4. The highest BCUT2D eigenvalue weighted by atomic mass is 16.4. The highest BCUT2D eigenvalue weighted by molar-refractivity contribution is 5.90. The molecule has 172 valence electrons. The molecule has 2 unspecified atom stereocenters. The Morgan fingerprint density at radius 2 is 1.84 bits per heavy atom. The van der Waals surface area contributed by atoms with E-state index in [0.29, 0.717) is 11.7 Å². The highest BCUT2D eigenvalue weighted by Gasteiger charge is 2.35. The molecule has 32 heavy (non-hydrogen) atoms. The number of rotatable bonds is 7. The first-order valence-electron chi connectivity index (χ1n) is 11.6. The Bertz CT molecular complexity index is 943. The lowest BCUT2D eigenvalue weighted by atomic mass is 10.0. The minimum Gasteiger partial charge on any atom is -0.476 e. The summed E-state index contributed by atoms with van der Waals surface area (Å²) < 4.78 is 1.99. The van der Waals surface area contributed by atoms with Crippen LogP contribution in [-0.2, 0) is 0 Å². The zero-order valence-corrected chi connectivity index (χ0v) is 18.4. The van der Waals surface area contributed by atoms with Crippen LogP contribution in [0.4, 0.5) is 5.82 Å². The van der Waals surface area contributed by atoms with Crippen molar-refractivity contribution in [2.45, 2.75) is 25.3 Å². The molecule has 2 aromatic heterocycles. The van der Waals surface area contributed by atoms with E-state index in [1.54, 1.807) is 6.20 Å². The van der Waals surface area contributed by atoms with Crippen molar-refractivity contribution in [2.75, 3.05) is 58.1 Å². The Morgan fingerprint density at radius 1 is 1.12 bits per heavy atom. The SMILES string of the molecule is Nc1ncc(-c2cnn(C3CCN(CCCN4CC5CNCC5C4)CC3)c2)nc1C(=O)O. The Hall–Kier alpha value is -2.56. The summed E-state index contributed by atoms with van der Waals surface area (Å²) in [5, 5.41) is 17.3. The third kappa shape index (κ3) is 4.48. The molecule has 0 radical (unpaired) electrons. The predicted molar refractivity (Wildman–Crippen MR) is 120 cm³/mol. The normalized spacial score (nSPS) is 24.8. The number of nitrogens with two attached hydrogens (primary N) is 1. The summed E-state index contributed by atoms with van der Waals surface area (Å²) in [7, 11) is 0. The first-order valence-corrected chi connectivity index (χ1v) is 11.6. The number of likely N-dealkylation sites (tertiary alicyclic amines) is 2. The van der Waals surface area contributed by atoms with Crippen LogP contribution >= 0.6 is 0 Å². The smallest absolute Gasteiger partial charge is 0.358 e. The molecular weight excluding hydrogens is 408 g/mol. The van der Waals surface area contributed by atoms with Crippen LogP contribution in [0.1, 0.15) is 35.8 Å². The average molecular weight is 441 g/mol. The molecular formula is C22H32N8O2. The number of nitrogens with zero attached hydrogens (tertiary/aromatic N) is 6. The third-order valence-electron chi connectivity index (χ3n) is 7.25. The van der Waals surface area contributed by atoms with Gasteiger partial charge in [0.25, 0.3) is 0 Å². The molecule has 0 spiro atoms. The number of piperidine rings is 1. The molecule has 10 heteroatoms. The van der Waals surface area contributed by atoms with Crippen LogP contribution in [0.25, 0.3) is 11.3 Å². The largest absolute Gasteiger partial charge is 0.476 e. The zero-order chi connectivity index (χ0) is 22.1. The molecule has 5 heterocycles. The van der Waals surface area contributed by atoms with Gasteiger partial charge in [-0.3, -0.25) is 4.68 Å². The summed E-state index contributed by atoms with van der Waals surface area (Å²) in [4.78, 5) is 24.6. The fraction of sp³-hybridized carbons (Fsp3) is 0.636. The van der Waals surface area contributed by atoms with Crippen LogP contribution < -0.4 is 11.1 Å². The molecule has 0 aliphatic carbocycles. The molecule has 2 atom stereocenters. The second-order valence-electron chi connectivity index (χ2n) is 9.37. The van der Waals surface area contributed by atoms with E-state index in [4.69, 9.17) is 5.73 Å². The molecule has 0 bridgehead atoms. The molecule has 5 rings (SSSR count). The van der Waals surface area contributed by atoms with Crippen molar-refractivity contribution < 1.29 is 9.90 Å². The van der Waals surface area contributed by atoms with Gasteiger partial charge in [-0.05, 0) is 57.3 Å². The molecule has 2 aromatic rings. The summed E-state index contributed by atoms with van der Waals surface area (Å²) in [6.45, 7) is 9.50. The van der Waals surface area contributed by atoms with Crippen LogP contribution in [-0.4, -0.2) is 93.0 Å². The van der Waals surface area contributed by atoms with Crippen LogP contribution in [0.2, 0.25) is 0 Å². The predicted octanol–water partition coefficient (Wildman–Crippen LogP) is 0.799. The number of fused-ring (bicyclic) bond motifs is 1. The van der Waals surface area contributed by atoms with Gasteiger partial charge in [-0.25, -0.2) is 14.8 Å². The molecule has 0 amide bonds. The molecule has 4 N–H and O–H groups in total.